The molecule has 0 spiro atoms. The molecule has 16 heavy (non-hydrogen) atoms. The van der Waals surface area contributed by atoms with Crippen molar-refractivity contribution < 1.29 is 14.6 Å². The minimum Gasteiger partial charge on any atom is -0.496 e. The highest BCUT2D eigenvalue weighted by atomic mass is 16.5. The monoisotopic (exact) mass is 224 g/mol. The summed E-state index contributed by atoms with van der Waals surface area (Å²) in [7, 11) is 3.26. The fraction of sp³-hybridized carbons (Fsp3) is 0.538. The Morgan fingerprint density at radius 2 is 1.44 bits per heavy atom. The van der Waals surface area contributed by atoms with Gasteiger partial charge >= 0.3 is 0 Å². The lowest BCUT2D eigenvalue weighted by atomic mass is 9.97. The number of aliphatic hydroxyl groups excluding tert-OH is 1. The lowest BCUT2D eigenvalue weighted by molar-refractivity contribution is 0.198. The molecule has 1 rings (SSSR count). The van der Waals surface area contributed by atoms with Crippen LogP contribution in [0.2, 0.25) is 0 Å². The topological polar surface area (TPSA) is 38.7 Å². The number of methoxy groups -OCH3 is 2. The molecule has 1 unspecified atom stereocenters. The van der Waals surface area contributed by atoms with Crippen LogP contribution in [0.3, 0.4) is 0 Å². The summed E-state index contributed by atoms with van der Waals surface area (Å²) in [5, 5.41) is 9.58. The summed E-state index contributed by atoms with van der Waals surface area (Å²) in [5.41, 5.74) is 1.84. The Labute approximate surface area is 97.0 Å². The van der Waals surface area contributed by atoms with Crippen molar-refractivity contribution in [1.82, 2.24) is 0 Å². The van der Waals surface area contributed by atoms with Crippen LogP contribution in [0.1, 0.15) is 43.9 Å². The molecule has 3 heteroatoms. The molecule has 0 saturated heterocycles. The van der Waals surface area contributed by atoms with Gasteiger partial charge in [0.15, 0.2) is 0 Å². The van der Waals surface area contributed by atoms with Crippen molar-refractivity contribution in [3.05, 3.63) is 23.3 Å². The molecule has 0 amide bonds. The smallest absolute Gasteiger partial charge is 0.126 e. The van der Waals surface area contributed by atoms with Gasteiger partial charge in [-0.05, 0) is 30.5 Å². The lowest BCUT2D eigenvalue weighted by Gasteiger charge is -2.18. The zero-order chi connectivity index (χ0) is 12.3. The Balaban J connectivity index is 3.37. The van der Waals surface area contributed by atoms with Crippen LogP contribution in [0, 0.1) is 0 Å². The third-order valence-electron chi connectivity index (χ3n) is 2.63. The fourth-order valence-electron chi connectivity index (χ4n) is 1.77. The molecule has 3 nitrogen and oxygen atoms in total. The van der Waals surface area contributed by atoms with Crippen molar-refractivity contribution in [1.29, 1.82) is 0 Å². The predicted molar refractivity (Wildman–Crippen MR) is 64.3 cm³/mol. The van der Waals surface area contributed by atoms with E-state index in [0.29, 0.717) is 5.92 Å². The summed E-state index contributed by atoms with van der Waals surface area (Å²) >= 11 is 0. The van der Waals surface area contributed by atoms with Gasteiger partial charge < -0.3 is 14.6 Å². The number of hydrogen-bond acceptors (Lipinski definition) is 3. The van der Waals surface area contributed by atoms with E-state index in [4.69, 9.17) is 9.47 Å². The summed E-state index contributed by atoms with van der Waals surface area (Å²) in [5.74, 6) is 1.85. The van der Waals surface area contributed by atoms with Crippen LogP contribution in [-0.4, -0.2) is 19.3 Å². The zero-order valence-corrected chi connectivity index (χ0v) is 10.6. The average molecular weight is 224 g/mol. The Bertz CT molecular complexity index is 331. The molecule has 1 atom stereocenters. The van der Waals surface area contributed by atoms with Crippen LogP contribution in [0.5, 0.6) is 11.5 Å². The third kappa shape index (κ3) is 2.47. The molecule has 0 aliphatic heterocycles. The van der Waals surface area contributed by atoms with Gasteiger partial charge in [-0.1, -0.05) is 13.8 Å². The Kier molecular flexibility index (Phi) is 4.19. The van der Waals surface area contributed by atoms with Gasteiger partial charge in [-0.2, -0.15) is 0 Å². The van der Waals surface area contributed by atoms with Crippen LogP contribution < -0.4 is 9.47 Å². The van der Waals surface area contributed by atoms with Gasteiger partial charge in [-0.3, -0.25) is 0 Å². The van der Waals surface area contributed by atoms with Gasteiger partial charge in [0.1, 0.15) is 11.5 Å². The van der Waals surface area contributed by atoms with Gasteiger partial charge in [0.2, 0.25) is 0 Å². The first-order valence-corrected chi connectivity index (χ1v) is 5.45. The predicted octanol–water partition coefficient (Wildman–Crippen LogP) is 2.88. The van der Waals surface area contributed by atoms with E-state index in [-0.39, 0.29) is 0 Å². The second-order valence-electron chi connectivity index (χ2n) is 4.17. The van der Waals surface area contributed by atoms with Gasteiger partial charge in [-0.15, -0.1) is 0 Å². The zero-order valence-electron chi connectivity index (χ0n) is 10.6. The molecule has 0 radical (unpaired) electrons. The largest absolute Gasteiger partial charge is 0.496 e. The van der Waals surface area contributed by atoms with E-state index >= 15 is 0 Å². The van der Waals surface area contributed by atoms with Crippen molar-refractivity contribution in [2.45, 2.75) is 32.8 Å². The molecular formula is C13H20O3. The second kappa shape index (κ2) is 5.21. The Hall–Kier alpha value is -1.22. The van der Waals surface area contributed by atoms with Gasteiger partial charge in [-0.25, -0.2) is 0 Å². The van der Waals surface area contributed by atoms with E-state index in [2.05, 4.69) is 13.8 Å². The number of ether oxygens (including phenoxy) is 2. The molecular weight excluding hydrogens is 204 g/mol. The van der Waals surface area contributed by atoms with Gasteiger partial charge in [0, 0.05) is 5.56 Å². The molecule has 90 valence electrons. The number of benzene rings is 1. The summed E-state index contributed by atoms with van der Waals surface area (Å²) in [6, 6.07) is 3.73. The number of hydrogen-bond donors (Lipinski definition) is 1. The Morgan fingerprint density at radius 3 is 1.69 bits per heavy atom. The van der Waals surface area contributed by atoms with E-state index in [1.165, 1.54) is 0 Å². The summed E-state index contributed by atoms with van der Waals surface area (Å²) in [6.45, 7) is 5.90. The molecule has 0 aliphatic rings. The van der Waals surface area contributed by atoms with Gasteiger partial charge in [0.05, 0.1) is 20.3 Å². The first kappa shape index (κ1) is 12.8. The van der Waals surface area contributed by atoms with Crippen LogP contribution in [-0.2, 0) is 0 Å². The summed E-state index contributed by atoms with van der Waals surface area (Å²) in [4.78, 5) is 0. The van der Waals surface area contributed by atoms with E-state index in [9.17, 15) is 5.11 Å². The standard InChI is InChI=1S/C13H20O3/c1-8(2)13-11(15-4)6-10(9(3)14)7-12(13)16-5/h6-9,14H,1-5H3. The molecule has 0 heterocycles. The summed E-state index contributed by atoms with van der Waals surface area (Å²) < 4.78 is 10.7. The van der Waals surface area contributed by atoms with E-state index in [1.54, 1.807) is 21.1 Å². The quantitative estimate of drug-likeness (QED) is 0.854. The molecule has 1 aromatic rings. The van der Waals surface area contributed by atoms with E-state index in [1.807, 2.05) is 12.1 Å². The lowest BCUT2D eigenvalue weighted by Crippen LogP contribution is -2.02. The highest BCUT2D eigenvalue weighted by Gasteiger charge is 2.16. The first-order valence-electron chi connectivity index (χ1n) is 5.45. The number of rotatable bonds is 4. The molecule has 1 N–H and O–H groups in total. The molecule has 0 saturated carbocycles. The van der Waals surface area contributed by atoms with Crippen LogP contribution in [0.25, 0.3) is 0 Å². The number of aliphatic hydroxyl groups is 1. The maximum Gasteiger partial charge on any atom is 0.126 e. The van der Waals surface area contributed by atoms with Crippen molar-refractivity contribution in [2.75, 3.05) is 14.2 Å². The van der Waals surface area contributed by atoms with Gasteiger partial charge in [0.25, 0.3) is 0 Å². The minimum atomic E-state index is -0.524. The molecule has 0 aromatic heterocycles. The highest BCUT2D eigenvalue weighted by Crippen LogP contribution is 2.37. The van der Waals surface area contributed by atoms with E-state index in [0.717, 1.165) is 22.6 Å². The highest BCUT2D eigenvalue weighted by molar-refractivity contribution is 5.50. The molecule has 1 aromatic carbocycles. The van der Waals surface area contributed by atoms with Crippen molar-refractivity contribution in [3.63, 3.8) is 0 Å². The first-order chi connectivity index (χ1) is 7.51. The Morgan fingerprint density at radius 1 is 1.00 bits per heavy atom. The van der Waals surface area contributed by atoms with Crippen LogP contribution in [0.15, 0.2) is 12.1 Å². The minimum absolute atomic E-state index is 0.313. The fourth-order valence-corrected chi connectivity index (χ4v) is 1.77. The third-order valence-corrected chi connectivity index (χ3v) is 2.63. The SMILES string of the molecule is COc1cc(C(C)O)cc(OC)c1C(C)C. The van der Waals surface area contributed by atoms with Crippen LogP contribution >= 0.6 is 0 Å². The van der Waals surface area contributed by atoms with Crippen molar-refractivity contribution in [3.8, 4) is 11.5 Å². The molecule has 0 fully saturated rings. The maximum atomic E-state index is 9.58. The molecule has 0 bridgehead atoms. The van der Waals surface area contributed by atoms with Crippen molar-refractivity contribution >= 4 is 0 Å². The molecule has 0 aliphatic carbocycles. The average Bonchev–Trinajstić information content (AvgIpc) is 2.26. The van der Waals surface area contributed by atoms with E-state index < -0.39 is 6.10 Å². The maximum absolute atomic E-state index is 9.58. The van der Waals surface area contributed by atoms with Crippen LogP contribution in [0.4, 0.5) is 0 Å². The summed E-state index contributed by atoms with van der Waals surface area (Å²) in [6.07, 6.45) is -0.524. The normalized spacial score (nSPS) is 12.7. The second-order valence-corrected chi connectivity index (χ2v) is 4.17. The van der Waals surface area contributed by atoms with Crippen molar-refractivity contribution in [2.24, 2.45) is 0 Å².